The van der Waals surface area contributed by atoms with Crippen LogP contribution in [0, 0.1) is 0 Å². The largest absolute Gasteiger partial charge is 0.350 e. The fraction of sp³-hybridized carbons (Fsp3) is 0.643. The van der Waals surface area contributed by atoms with E-state index in [0.29, 0.717) is 0 Å². The molecule has 0 saturated heterocycles. The molecular formula is C14H23ClN2OS. The van der Waals surface area contributed by atoms with Gasteiger partial charge in [-0.25, -0.2) is 0 Å². The van der Waals surface area contributed by atoms with Crippen LogP contribution in [0.3, 0.4) is 0 Å². The molecule has 0 aliphatic carbocycles. The Balaban J connectivity index is 2.56. The first-order chi connectivity index (χ1) is 8.75. The lowest BCUT2D eigenvalue weighted by molar-refractivity contribution is -0.127. The van der Waals surface area contributed by atoms with Gasteiger partial charge in [0.25, 0.3) is 0 Å². The van der Waals surface area contributed by atoms with Crippen LogP contribution in [-0.2, 0) is 11.3 Å². The molecule has 0 spiro atoms. The first kappa shape index (κ1) is 16.5. The fourth-order valence-electron chi connectivity index (χ4n) is 1.55. The Morgan fingerprint density at radius 1 is 1.53 bits per heavy atom. The zero-order valence-electron chi connectivity index (χ0n) is 12.3. The Morgan fingerprint density at radius 3 is 2.63 bits per heavy atom. The third-order valence-corrected chi connectivity index (χ3v) is 4.64. The Kier molecular flexibility index (Phi) is 5.83. The van der Waals surface area contributed by atoms with Crippen LogP contribution in [0.4, 0.5) is 0 Å². The molecule has 108 valence electrons. The van der Waals surface area contributed by atoms with Gasteiger partial charge in [0.1, 0.15) is 0 Å². The van der Waals surface area contributed by atoms with Crippen LogP contribution in [0.15, 0.2) is 12.1 Å². The molecule has 1 atom stereocenters. The van der Waals surface area contributed by atoms with E-state index in [4.69, 9.17) is 11.6 Å². The first-order valence-corrected chi connectivity index (χ1v) is 7.71. The van der Waals surface area contributed by atoms with Crippen molar-refractivity contribution >= 4 is 28.8 Å². The minimum atomic E-state index is -0.160. The highest BCUT2D eigenvalue weighted by molar-refractivity contribution is 7.16. The van der Waals surface area contributed by atoms with Crippen LogP contribution in [0.1, 0.15) is 39.0 Å². The average molecular weight is 303 g/mol. The van der Waals surface area contributed by atoms with Gasteiger partial charge in [0.05, 0.1) is 10.4 Å². The summed E-state index contributed by atoms with van der Waals surface area (Å²) in [7, 11) is 1.96. The van der Waals surface area contributed by atoms with Crippen molar-refractivity contribution in [2.45, 2.75) is 52.2 Å². The molecule has 0 saturated carbocycles. The molecule has 0 radical (unpaired) electrons. The minimum Gasteiger partial charge on any atom is -0.350 e. The van der Waals surface area contributed by atoms with Gasteiger partial charge in [-0.1, -0.05) is 18.5 Å². The second-order valence-electron chi connectivity index (χ2n) is 5.52. The van der Waals surface area contributed by atoms with Crippen LogP contribution in [-0.4, -0.2) is 29.4 Å². The number of hydrogen-bond donors (Lipinski definition) is 1. The number of carbonyl (C=O) groups excluding carboxylic acids is 1. The van der Waals surface area contributed by atoms with E-state index in [1.165, 1.54) is 4.88 Å². The average Bonchev–Trinajstić information content (AvgIpc) is 2.73. The quantitative estimate of drug-likeness (QED) is 0.872. The number of thiophene rings is 1. The predicted octanol–water partition coefficient (Wildman–Crippen LogP) is 3.53. The topological polar surface area (TPSA) is 32.3 Å². The zero-order valence-corrected chi connectivity index (χ0v) is 13.9. The summed E-state index contributed by atoms with van der Waals surface area (Å²) < 4.78 is 0.785. The summed E-state index contributed by atoms with van der Waals surface area (Å²) in [6.07, 6.45) is 0.912. The number of nitrogens with zero attached hydrogens (tertiary/aromatic N) is 1. The Labute approximate surface area is 124 Å². The summed E-state index contributed by atoms with van der Waals surface area (Å²) in [5, 5.41) is 3.07. The molecule has 1 amide bonds. The molecule has 5 heteroatoms. The number of amides is 1. The second kappa shape index (κ2) is 6.73. The molecule has 0 aliphatic heterocycles. The van der Waals surface area contributed by atoms with Gasteiger partial charge in [-0.2, -0.15) is 0 Å². The number of hydrogen-bond acceptors (Lipinski definition) is 3. The van der Waals surface area contributed by atoms with E-state index in [-0.39, 0.29) is 17.5 Å². The maximum Gasteiger partial charge on any atom is 0.237 e. The molecule has 0 fully saturated rings. The van der Waals surface area contributed by atoms with Gasteiger partial charge in [0, 0.05) is 17.0 Å². The second-order valence-corrected chi connectivity index (χ2v) is 7.32. The van der Waals surface area contributed by atoms with Crippen LogP contribution in [0.5, 0.6) is 0 Å². The van der Waals surface area contributed by atoms with E-state index >= 15 is 0 Å². The van der Waals surface area contributed by atoms with Crippen molar-refractivity contribution in [1.29, 1.82) is 0 Å². The van der Waals surface area contributed by atoms with Gasteiger partial charge < -0.3 is 5.32 Å². The summed E-state index contributed by atoms with van der Waals surface area (Å²) in [6, 6.07) is 3.73. The van der Waals surface area contributed by atoms with E-state index in [9.17, 15) is 4.79 Å². The predicted molar refractivity (Wildman–Crippen MR) is 82.8 cm³/mol. The zero-order chi connectivity index (χ0) is 14.6. The molecule has 0 aliphatic rings. The Morgan fingerprint density at radius 2 is 2.16 bits per heavy atom. The van der Waals surface area contributed by atoms with Crippen molar-refractivity contribution in [3.63, 3.8) is 0 Å². The van der Waals surface area contributed by atoms with E-state index in [2.05, 4.69) is 12.2 Å². The van der Waals surface area contributed by atoms with Gasteiger partial charge >= 0.3 is 0 Å². The monoisotopic (exact) mass is 302 g/mol. The summed E-state index contributed by atoms with van der Waals surface area (Å²) >= 11 is 7.47. The van der Waals surface area contributed by atoms with Gasteiger partial charge in [0.15, 0.2) is 0 Å². The third-order valence-electron chi connectivity index (χ3n) is 3.42. The lowest BCUT2D eigenvalue weighted by atomic mass is 10.0. The van der Waals surface area contributed by atoms with Crippen molar-refractivity contribution in [1.82, 2.24) is 10.2 Å². The van der Waals surface area contributed by atoms with Crippen LogP contribution in [0.25, 0.3) is 0 Å². The Bertz CT molecular complexity index is 431. The third kappa shape index (κ3) is 5.13. The van der Waals surface area contributed by atoms with Gasteiger partial charge in [-0.05, 0) is 46.4 Å². The van der Waals surface area contributed by atoms with Crippen molar-refractivity contribution in [2.75, 3.05) is 7.05 Å². The number of likely N-dealkylation sites (N-methyl/N-ethyl adjacent to an activating group) is 1. The molecule has 1 heterocycles. The van der Waals surface area contributed by atoms with E-state index < -0.39 is 0 Å². The molecule has 1 rings (SSSR count). The van der Waals surface area contributed by atoms with E-state index in [0.717, 1.165) is 17.3 Å². The Hall–Kier alpha value is -0.580. The molecule has 1 N–H and O–H groups in total. The molecule has 1 unspecified atom stereocenters. The molecule has 0 aromatic carbocycles. The number of carbonyl (C=O) groups is 1. The van der Waals surface area contributed by atoms with Gasteiger partial charge in [-0.15, -0.1) is 11.3 Å². The highest BCUT2D eigenvalue weighted by Crippen LogP contribution is 2.23. The van der Waals surface area contributed by atoms with Gasteiger partial charge in [-0.3, -0.25) is 9.69 Å². The molecule has 1 aromatic heterocycles. The number of nitrogens with one attached hydrogen (secondary N) is 1. The lowest BCUT2D eigenvalue weighted by Gasteiger charge is -2.30. The van der Waals surface area contributed by atoms with Crippen LogP contribution < -0.4 is 5.32 Å². The maximum absolute atomic E-state index is 12.2. The molecule has 19 heavy (non-hydrogen) atoms. The van der Waals surface area contributed by atoms with Crippen LogP contribution in [0.2, 0.25) is 4.34 Å². The summed E-state index contributed by atoms with van der Waals surface area (Å²) in [4.78, 5) is 15.4. The standard InChI is InChI=1S/C14H23ClN2OS/c1-6-14(3,4)16-13(18)10(2)17(5)9-11-7-8-12(15)19-11/h7-8,10H,6,9H2,1-5H3,(H,16,18). The van der Waals surface area contributed by atoms with E-state index in [1.807, 2.05) is 44.9 Å². The number of halogens is 1. The highest BCUT2D eigenvalue weighted by atomic mass is 35.5. The normalized spacial score (nSPS) is 13.6. The van der Waals surface area contributed by atoms with Crippen molar-refractivity contribution < 1.29 is 4.79 Å². The summed E-state index contributed by atoms with van der Waals surface area (Å²) in [5.41, 5.74) is -0.154. The minimum absolute atomic E-state index is 0.0667. The highest BCUT2D eigenvalue weighted by Gasteiger charge is 2.24. The van der Waals surface area contributed by atoms with Gasteiger partial charge in [0.2, 0.25) is 5.91 Å². The van der Waals surface area contributed by atoms with E-state index in [1.54, 1.807) is 11.3 Å². The first-order valence-electron chi connectivity index (χ1n) is 6.51. The number of rotatable bonds is 6. The smallest absolute Gasteiger partial charge is 0.237 e. The molecule has 3 nitrogen and oxygen atoms in total. The van der Waals surface area contributed by atoms with Crippen molar-refractivity contribution in [3.05, 3.63) is 21.3 Å². The fourth-order valence-corrected chi connectivity index (χ4v) is 2.70. The lowest BCUT2D eigenvalue weighted by Crippen LogP contribution is -2.50. The SMILES string of the molecule is CCC(C)(C)NC(=O)C(C)N(C)Cc1ccc(Cl)s1. The maximum atomic E-state index is 12.2. The molecule has 0 bridgehead atoms. The molecule has 1 aromatic rings. The summed E-state index contributed by atoms with van der Waals surface area (Å²) in [5.74, 6) is 0.0667. The van der Waals surface area contributed by atoms with Crippen LogP contribution >= 0.6 is 22.9 Å². The van der Waals surface area contributed by atoms with Crippen molar-refractivity contribution in [3.8, 4) is 0 Å². The molecular weight excluding hydrogens is 280 g/mol. The summed E-state index contributed by atoms with van der Waals surface area (Å²) in [6.45, 7) is 8.81. The van der Waals surface area contributed by atoms with Crippen molar-refractivity contribution in [2.24, 2.45) is 0 Å².